The molecule has 0 amide bonds. The van der Waals surface area contributed by atoms with Crippen molar-refractivity contribution in [2.24, 2.45) is 11.8 Å². The van der Waals surface area contributed by atoms with E-state index < -0.39 is 0 Å². The number of pyridine rings is 1. The SMILES string of the molecule is Oc1c2c(N3CC4COCC4C3)ccnc2cn1CCc1nc2ccccc2s1. The van der Waals surface area contributed by atoms with Gasteiger partial charge in [0.15, 0.2) is 0 Å². The number of thiazole rings is 1. The van der Waals surface area contributed by atoms with Crippen molar-refractivity contribution in [3.05, 3.63) is 47.7 Å². The fourth-order valence-electron chi connectivity index (χ4n) is 4.71. The third-order valence-corrected chi connectivity index (χ3v) is 7.31. The van der Waals surface area contributed by atoms with Crippen LogP contribution in [0.2, 0.25) is 0 Å². The van der Waals surface area contributed by atoms with E-state index in [4.69, 9.17) is 9.72 Å². The number of hydrogen-bond donors (Lipinski definition) is 1. The van der Waals surface area contributed by atoms with Crippen LogP contribution < -0.4 is 4.90 Å². The van der Waals surface area contributed by atoms with Gasteiger partial charge < -0.3 is 19.3 Å². The number of rotatable bonds is 4. The van der Waals surface area contributed by atoms with Gasteiger partial charge in [-0.1, -0.05) is 12.1 Å². The Hall–Kier alpha value is -2.64. The van der Waals surface area contributed by atoms with Gasteiger partial charge in [-0.3, -0.25) is 4.98 Å². The molecule has 148 valence electrons. The van der Waals surface area contributed by atoms with Crippen LogP contribution in [0, 0.1) is 11.8 Å². The molecule has 0 bridgehead atoms. The Labute approximate surface area is 172 Å². The lowest BCUT2D eigenvalue weighted by molar-refractivity contribution is 0.177. The molecule has 6 rings (SSSR count). The van der Waals surface area contributed by atoms with E-state index in [2.05, 4.69) is 16.0 Å². The van der Waals surface area contributed by atoms with Gasteiger partial charge in [-0.15, -0.1) is 11.3 Å². The Morgan fingerprint density at radius 2 is 1.93 bits per heavy atom. The fraction of sp³-hybridized carbons (Fsp3) is 0.364. The molecule has 7 heteroatoms. The van der Waals surface area contributed by atoms with Crippen LogP contribution >= 0.6 is 11.3 Å². The maximum atomic E-state index is 11.0. The van der Waals surface area contributed by atoms with Gasteiger partial charge in [0.25, 0.3) is 0 Å². The largest absolute Gasteiger partial charge is 0.494 e. The molecular weight excluding hydrogens is 384 g/mol. The lowest BCUT2D eigenvalue weighted by Crippen LogP contribution is -2.22. The topological polar surface area (TPSA) is 63.4 Å². The molecule has 2 saturated heterocycles. The molecule has 6 nitrogen and oxygen atoms in total. The molecule has 2 aliphatic heterocycles. The highest BCUT2D eigenvalue weighted by molar-refractivity contribution is 7.18. The highest BCUT2D eigenvalue weighted by atomic mass is 32.1. The molecule has 29 heavy (non-hydrogen) atoms. The Morgan fingerprint density at radius 1 is 1.10 bits per heavy atom. The second-order valence-corrected chi connectivity index (χ2v) is 9.14. The molecule has 2 unspecified atom stereocenters. The maximum Gasteiger partial charge on any atom is 0.202 e. The number of ether oxygens (including phenoxy) is 1. The summed E-state index contributed by atoms with van der Waals surface area (Å²) in [5, 5.41) is 13.0. The predicted octanol–water partition coefficient (Wildman–Crippen LogP) is 3.68. The van der Waals surface area contributed by atoms with Crippen molar-refractivity contribution in [2.45, 2.75) is 13.0 Å². The van der Waals surface area contributed by atoms with Crippen molar-refractivity contribution < 1.29 is 9.84 Å². The van der Waals surface area contributed by atoms with Crippen LogP contribution in [0.1, 0.15) is 5.01 Å². The van der Waals surface area contributed by atoms with Gasteiger partial charge in [-0.05, 0) is 18.2 Å². The number of aromatic nitrogens is 3. The van der Waals surface area contributed by atoms with E-state index in [1.165, 1.54) is 4.70 Å². The minimum Gasteiger partial charge on any atom is -0.494 e. The number of para-hydroxylation sites is 1. The molecule has 1 N–H and O–H groups in total. The smallest absolute Gasteiger partial charge is 0.202 e. The molecule has 2 fully saturated rings. The van der Waals surface area contributed by atoms with E-state index in [0.29, 0.717) is 24.3 Å². The second kappa shape index (κ2) is 6.71. The number of hydrogen-bond acceptors (Lipinski definition) is 6. The van der Waals surface area contributed by atoms with Crippen molar-refractivity contribution in [3.8, 4) is 5.88 Å². The Bertz CT molecular complexity index is 1160. The second-order valence-electron chi connectivity index (χ2n) is 8.02. The van der Waals surface area contributed by atoms with Gasteiger partial charge in [0.1, 0.15) is 0 Å². The third kappa shape index (κ3) is 2.88. The summed E-state index contributed by atoms with van der Waals surface area (Å²) in [4.78, 5) is 11.6. The van der Waals surface area contributed by atoms with E-state index in [1.807, 2.05) is 41.2 Å². The molecule has 3 aromatic heterocycles. The summed E-state index contributed by atoms with van der Waals surface area (Å²) in [7, 11) is 0. The molecule has 0 radical (unpaired) electrons. The quantitative estimate of drug-likeness (QED) is 0.560. The van der Waals surface area contributed by atoms with Gasteiger partial charge in [0, 0.05) is 50.3 Å². The zero-order chi connectivity index (χ0) is 19.4. The molecule has 2 aliphatic rings. The standard InChI is InChI=1S/C22H22N4O2S/c27-22-21-17(23-7-5-18(21)26-9-14-12-28-13-15(14)10-26)11-25(22)8-6-20-24-16-3-1-2-4-19(16)29-20/h1-5,7,11,14-15,27H,6,8-10,12-13H2. The van der Waals surface area contributed by atoms with Crippen molar-refractivity contribution in [3.63, 3.8) is 0 Å². The molecule has 0 spiro atoms. The van der Waals surface area contributed by atoms with Crippen LogP contribution in [0.5, 0.6) is 5.88 Å². The number of benzene rings is 1. The zero-order valence-electron chi connectivity index (χ0n) is 16.0. The highest BCUT2D eigenvalue weighted by Gasteiger charge is 2.38. The Morgan fingerprint density at radius 3 is 2.76 bits per heavy atom. The van der Waals surface area contributed by atoms with Gasteiger partial charge in [0.05, 0.1) is 45.0 Å². The Kier molecular flexibility index (Phi) is 3.99. The summed E-state index contributed by atoms with van der Waals surface area (Å²) in [5.74, 6) is 1.50. The van der Waals surface area contributed by atoms with Crippen LogP contribution in [-0.2, 0) is 17.7 Å². The summed E-state index contributed by atoms with van der Waals surface area (Å²) in [6.07, 6.45) is 4.59. The van der Waals surface area contributed by atoms with Crippen molar-refractivity contribution >= 4 is 38.1 Å². The number of fused-ring (bicyclic) bond motifs is 3. The minimum absolute atomic E-state index is 0.303. The predicted molar refractivity (Wildman–Crippen MR) is 115 cm³/mol. The Balaban J connectivity index is 1.29. The lowest BCUT2D eigenvalue weighted by Gasteiger charge is -2.20. The van der Waals surface area contributed by atoms with E-state index >= 15 is 0 Å². The van der Waals surface area contributed by atoms with Crippen molar-refractivity contribution in [1.82, 2.24) is 14.5 Å². The average Bonchev–Trinajstić information content (AvgIpc) is 3.48. The van der Waals surface area contributed by atoms with Gasteiger partial charge >= 0.3 is 0 Å². The first kappa shape index (κ1) is 17.2. The maximum absolute atomic E-state index is 11.0. The molecule has 4 aromatic rings. The molecule has 0 aliphatic carbocycles. The minimum atomic E-state index is 0.303. The lowest BCUT2D eigenvalue weighted by atomic mass is 10.0. The van der Waals surface area contributed by atoms with E-state index in [9.17, 15) is 5.11 Å². The number of aromatic hydroxyl groups is 1. The molecule has 1 aromatic carbocycles. The summed E-state index contributed by atoms with van der Waals surface area (Å²) in [5.41, 5.74) is 2.97. The molecule has 2 atom stereocenters. The molecule has 5 heterocycles. The fourth-order valence-corrected chi connectivity index (χ4v) is 5.66. The van der Waals surface area contributed by atoms with Crippen molar-refractivity contribution in [2.75, 3.05) is 31.2 Å². The van der Waals surface area contributed by atoms with Crippen LogP contribution in [0.25, 0.3) is 21.1 Å². The van der Waals surface area contributed by atoms with E-state index in [1.54, 1.807) is 11.3 Å². The normalized spacial score (nSPS) is 21.4. The average molecular weight is 407 g/mol. The summed E-state index contributed by atoms with van der Waals surface area (Å²) in [6.45, 7) is 4.36. The summed E-state index contributed by atoms with van der Waals surface area (Å²) >= 11 is 1.72. The van der Waals surface area contributed by atoms with Crippen LogP contribution in [0.15, 0.2) is 42.7 Å². The van der Waals surface area contributed by atoms with Gasteiger partial charge in [-0.25, -0.2) is 4.98 Å². The third-order valence-electron chi connectivity index (χ3n) is 6.22. The first-order valence-electron chi connectivity index (χ1n) is 10.1. The van der Waals surface area contributed by atoms with Crippen LogP contribution in [-0.4, -0.2) is 45.9 Å². The van der Waals surface area contributed by atoms with Gasteiger partial charge in [-0.2, -0.15) is 0 Å². The van der Waals surface area contributed by atoms with Crippen molar-refractivity contribution in [1.29, 1.82) is 0 Å². The summed E-state index contributed by atoms with van der Waals surface area (Å²) in [6, 6.07) is 10.2. The monoisotopic (exact) mass is 406 g/mol. The number of nitrogens with zero attached hydrogens (tertiary/aromatic N) is 4. The molecular formula is C22H22N4O2S. The van der Waals surface area contributed by atoms with E-state index in [-0.39, 0.29) is 0 Å². The van der Waals surface area contributed by atoms with Crippen LogP contribution in [0.4, 0.5) is 5.69 Å². The van der Waals surface area contributed by atoms with E-state index in [0.717, 1.165) is 59.8 Å². The number of anilines is 1. The van der Waals surface area contributed by atoms with Gasteiger partial charge in [0.2, 0.25) is 5.88 Å². The summed E-state index contributed by atoms with van der Waals surface area (Å²) < 4.78 is 8.72. The first-order valence-corrected chi connectivity index (χ1v) is 10.9. The zero-order valence-corrected chi connectivity index (χ0v) is 16.8. The number of aryl methyl sites for hydroxylation is 2. The molecule has 0 saturated carbocycles. The first-order chi connectivity index (χ1) is 14.3. The highest BCUT2D eigenvalue weighted by Crippen LogP contribution is 2.39. The van der Waals surface area contributed by atoms with Crippen LogP contribution in [0.3, 0.4) is 0 Å².